The second-order valence-electron chi connectivity index (χ2n) is 3.05. The molecule has 0 saturated heterocycles. The first-order valence-electron chi connectivity index (χ1n) is 4.04. The Bertz CT molecular complexity index is 384. The topological polar surface area (TPSA) is 89.5 Å². The van der Waals surface area contributed by atoms with E-state index in [1.54, 1.807) is 0 Å². The molecule has 0 aromatic heterocycles. The molecule has 1 aromatic carbocycles. The van der Waals surface area contributed by atoms with E-state index in [0.717, 1.165) is 0 Å². The van der Waals surface area contributed by atoms with Crippen LogP contribution in [-0.4, -0.2) is 23.9 Å². The lowest BCUT2D eigenvalue weighted by atomic mass is 10.2. The molecule has 0 atom stereocenters. The van der Waals surface area contributed by atoms with E-state index in [4.69, 9.17) is 0 Å². The molecule has 0 bridgehead atoms. The van der Waals surface area contributed by atoms with Gasteiger partial charge in [-0.1, -0.05) is 0 Å². The van der Waals surface area contributed by atoms with E-state index >= 15 is 0 Å². The Morgan fingerprint density at radius 1 is 1.07 bits per heavy atom. The van der Waals surface area contributed by atoms with Crippen molar-refractivity contribution in [1.29, 1.82) is 0 Å². The van der Waals surface area contributed by atoms with Gasteiger partial charge in [-0.3, -0.25) is 20.2 Å². The number of rotatable bonds is 3. The fraction of sp³-hybridized carbons (Fsp3) is 0.250. The minimum absolute atomic E-state index is 0.00694. The Labute approximate surface area is 85.2 Å². The van der Waals surface area contributed by atoms with E-state index in [9.17, 15) is 20.2 Å². The van der Waals surface area contributed by atoms with E-state index in [1.165, 1.54) is 37.2 Å². The highest BCUT2D eigenvalue weighted by Gasteiger charge is 2.25. The minimum Gasteiger partial charge on any atom is -0.366 e. The van der Waals surface area contributed by atoms with Crippen LogP contribution in [0.5, 0.6) is 0 Å². The number of nitrogens with zero attached hydrogens (tertiary/aromatic N) is 3. The van der Waals surface area contributed by atoms with Crippen LogP contribution in [0.2, 0.25) is 0 Å². The van der Waals surface area contributed by atoms with Gasteiger partial charge in [0.05, 0.1) is 9.85 Å². The largest absolute Gasteiger partial charge is 0.366 e. The third-order valence-electron chi connectivity index (χ3n) is 1.83. The molecule has 0 N–H and O–H groups in total. The average Bonchev–Trinajstić information content (AvgIpc) is 2.16. The van der Waals surface area contributed by atoms with E-state index in [1.807, 2.05) is 0 Å². The lowest BCUT2D eigenvalue weighted by molar-refractivity contribution is -0.392. The quantitative estimate of drug-likeness (QED) is 0.559. The molecule has 80 valence electrons. The molecule has 0 fully saturated rings. The van der Waals surface area contributed by atoms with Crippen LogP contribution < -0.4 is 4.90 Å². The van der Waals surface area contributed by atoms with Crippen molar-refractivity contribution in [2.75, 3.05) is 19.0 Å². The highest BCUT2D eigenvalue weighted by molar-refractivity contribution is 5.74. The fourth-order valence-electron chi connectivity index (χ4n) is 1.27. The predicted molar refractivity (Wildman–Crippen MR) is 54.1 cm³/mol. The van der Waals surface area contributed by atoms with Crippen molar-refractivity contribution >= 4 is 17.1 Å². The molecule has 0 aliphatic heterocycles. The molecule has 0 radical (unpaired) electrons. The molecule has 0 unspecified atom stereocenters. The Kier molecular flexibility index (Phi) is 2.84. The first kappa shape index (κ1) is 10.9. The molecule has 1 aromatic rings. The lowest BCUT2D eigenvalue weighted by Gasteiger charge is -2.12. The van der Waals surface area contributed by atoms with Crippen LogP contribution in [0.3, 0.4) is 0 Å². The Balaban J connectivity index is 3.48. The summed E-state index contributed by atoms with van der Waals surface area (Å²) in [5.41, 5.74) is -0.532. The van der Waals surface area contributed by atoms with Gasteiger partial charge in [0.25, 0.3) is 11.4 Å². The van der Waals surface area contributed by atoms with Gasteiger partial charge in [-0.25, -0.2) is 0 Å². The highest BCUT2D eigenvalue weighted by atomic mass is 16.6. The van der Waals surface area contributed by atoms with Crippen molar-refractivity contribution in [1.82, 2.24) is 0 Å². The maximum atomic E-state index is 10.7. The predicted octanol–water partition coefficient (Wildman–Crippen LogP) is 1.57. The van der Waals surface area contributed by atoms with Gasteiger partial charge >= 0.3 is 0 Å². The Hall–Kier alpha value is -2.18. The van der Waals surface area contributed by atoms with Gasteiger partial charge < -0.3 is 4.90 Å². The standard InChI is InChI=1S/C8H9N3O4/c1-9(2)8-6(10(12)13)4-3-5-7(8)11(14)15/h3-5H,1-2H3. The van der Waals surface area contributed by atoms with Crippen LogP contribution in [0.25, 0.3) is 0 Å². The maximum Gasteiger partial charge on any atom is 0.299 e. The number of anilines is 1. The van der Waals surface area contributed by atoms with Gasteiger partial charge in [-0.05, 0) is 6.07 Å². The molecule has 7 heteroatoms. The molecular weight excluding hydrogens is 202 g/mol. The van der Waals surface area contributed by atoms with Crippen molar-refractivity contribution in [3.05, 3.63) is 38.4 Å². The zero-order valence-electron chi connectivity index (χ0n) is 8.21. The lowest BCUT2D eigenvalue weighted by Crippen LogP contribution is -2.13. The molecule has 0 aliphatic carbocycles. The summed E-state index contributed by atoms with van der Waals surface area (Å²) in [5, 5.41) is 21.3. The van der Waals surface area contributed by atoms with Crippen molar-refractivity contribution in [3.63, 3.8) is 0 Å². The van der Waals surface area contributed by atoms with Gasteiger partial charge in [0.15, 0.2) is 5.69 Å². The third kappa shape index (κ3) is 2.01. The summed E-state index contributed by atoms with van der Waals surface area (Å²) in [5.74, 6) is 0. The number of nitro benzene ring substituents is 2. The summed E-state index contributed by atoms with van der Waals surface area (Å²) in [7, 11) is 3.05. The summed E-state index contributed by atoms with van der Waals surface area (Å²) >= 11 is 0. The van der Waals surface area contributed by atoms with E-state index in [-0.39, 0.29) is 17.1 Å². The minimum atomic E-state index is -0.637. The number of para-hydroxylation sites is 1. The van der Waals surface area contributed by atoms with Crippen LogP contribution in [0.4, 0.5) is 17.1 Å². The molecule has 0 saturated carbocycles. The van der Waals surface area contributed by atoms with Gasteiger partial charge in [-0.15, -0.1) is 0 Å². The highest BCUT2D eigenvalue weighted by Crippen LogP contribution is 2.35. The summed E-state index contributed by atoms with van der Waals surface area (Å²) in [4.78, 5) is 21.4. The molecule has 0 amide bonds. The van der Waals surface area contributed by atoms with Crippen LogP contribution in [0, 0.1) is 20.2 Å². The zero-order valence-corrected chi connectivity index (χ0v) is 8.21. The van der Waals surface area contributed by atoms with Gasteiger partial charge in [-0.2, -0.15) is 0 Å². The second-order valence-corrected chi connectivity index (χ2v) is 3.05. The van der Waals surface area contributed by atoms with E-state index in [2.05, 4.69) is 0 Å². The number of nitro groups is 2. The van der Waals surface area contributed by atoms with Crippen molar-refractivity contribution in [2.45, 2.75) is 0 Å². The molecule has 7 nitrogen and oxygen atoms in total. The third-order valence-corrected chi connectivity index (χ3v) is 1.83. The Morgan fingerprint density at radius 3 is 1.73 bits per heavy atom. The molecule has 0 spiro atoms. The normalized spacial score (nSPS) is 9.73. The molecule has 0 heterocycles. The zero-order chi connectivity index (χ0) is 11.6. The van der Waals surface area contributed by atoms with E-state index < -0.39 is 9.85 Å². The van der Waals surface area contributed by atoms with Crippen LogP contribution in [0.15, 0.2) is 18.2 Å². The van der Waals surface area contributed by atoms with Crippen molar-refractivity contribution < 1.29 is 9.85 Å². The van der Waals surface area contributed by atoms with E-state index in [0.29, 0.717) is 0 Å². The fourth-order valence-corrected chi connectivity index (χ4v) is 1.27. The van der Waals surface area contributed by atoms with Crippen molar-refractivity contribution in [2.24, 2.45) is 0 Å². The van der Waals surface area contributed by atoms with Crippen LogP contribution >= 0.6 is 0 Å². The average molecular weight is 211 g/mol. The smallest absolute Gasteiger partial charge is 0.299 e. The van der Waals surface area contributed by atoms with Gasteiger partial charge in [0, 0.05) is 26.2 Å². The number of benzene rings is 1. The summed E-state index contributed by atoms with van der Waals surface area (Å²) < 4.78 is 0. The first-order valence-corrected chi connectivity index (χ1v) is 4.04. The Morgan fingerprint density at radius 2 is 1.47 bits per heavy atom. The first-order chi connectivity index (χ1) is 6.95. The summed E-state index contributed by atoms with van der Waals surface area (Å²) in [6.07, 6.45) is 0. The number of hydrogen-bond donors (Lipinski definition) is 0. The summed E-state index contributed by atoms with van der Waals surface area (Å²) in [6.45, 7) is 0. The molecule has 15 heavy (non-hydrogen) atoms. The van der Waals surface area contributed by atoms with Crippen molar-refractivity contribution in [3.8, 4) is 0 Å². The molecular formula is C8H9N3O4. The second kappa shape index (κ2) is 3.91. The summed E-state index contributed by atoms with van der Waals surface area (Å²) in [6, 6.07) is 3.77. The maximum absolute atomic E-state index is 10.7. The van der Waals surface area contributed by atoms with Crippen LogP contribution in [0.1, 0.15) is 0 Å². The van der Waals surface area contributed by atoms with Gasteiger partial charge in [0.2, 0.25) is 0 Å². The van der Waals surface area contributed by atoms with Gasteiger partial charge in [0.1, 0.15) is 0 Å². The SMILES string of the molecule is CN(C)c1c([N+](=O)[O-])cccc1[N+](=O)[O-]. The van der Waals surface area contributed by atoms with Crippen LogP contribution in [-0.2, 0) is 0 Å². The number of hydrogen-bond acceptors (Lipinski definition) is 5. The molecule has 1 rings (SSSR count). The molecule has 0 aliphatic rings. The monoisotopic (exact) mass is 211 g/mol.